The molecule has 1 unspecified atom stereocenters. The van der Waals surface area contributed by atoms with Crippen LogP contribution in [0.15, 0.2) is 48.5 Å². The van der Waals surface area contributed by atoms with Crippen molar-refractivity contribution in [2.45, 2.75) is 37.6 Å². The summed E-state index contributed by atoms with van der Waals surface area (Å²) in [5.41, 5.74) is 6.96. The third-order valence-electron chi connectivity index (χ3n) is 6.24. The van der Waals surface area contributed by atoms with E-state index in [0.717, 1.165) is 22.6 Å². The lowest BCUT2D eigenvalue weighted by Crippen LogP contribution is -2.59. The van der Waals surface area contributed by atoms with Crippen LogP contribution in [0.5, 0.6) is 11.5 Å². The SMILES string of the molecule is CCOC(=O)[C@H]1C[C@@H](C(N)(CC2c3ccccc3Oc3ccccc32)C(=O)O)C1. The zero-order chi connectivity index (χ0) is 20.6. The van der Waals surface area contributed by atoms with E-state index in [9.17, 15) is 14.7 Å². The summed E-state index contributed by atoms with van der Waals surface area (Å²) in [5, 5.41) is 10.1. The van der Waals surface area contributed by atoms with E-state index in [4.69, 9.17) is 15.2 Å². The molecule has 1 aliphatic carbocycles. The van der Waals surface area contributed by atoms with Gasteiger partial charge in [0.25, 0.3) is 0 Å². The molecule has 1 saturated carbocycles. The van der Waals surface area contributed by atoms with Gasteiger partial charge in [-0.1, -0.05) is 36.4 Å². The number of ether oxygens (including phenoxy) is 2. The molecule has 1 atom stereocenters. The number of carboxylic acid groups (broad SMARTS) is 1. The predicted molar refractivity (Wildman–Crippen MR) is 107 cm³/mol. The molecular formula is C23H25NO5. The molecular weight excluding hydrogens is 370 g/mol. The topological polar surface area (TPSA) is 98.9 Å². The molecule has 0 spiro atoms. The third-order valence-corrected chi connectivity index (χ3v) is 6.24. The second-order valence-electron chi connectivity index (χ2n) is 7.90. The van der Waals surface area contributed by atoms with Crippen LogP contribution >= 0.6 is 0 Å². The summed E-state index contributed by atoms with van der Waals surface area (Å²) in [6, 6.07) is 15.3. The minimum atomic E-state index is -1.44. The number of hydrogen-bond acceptors (Lipinski definition) is 5. The van der Waals surface area contributed by atoms with Crippen LogP contribution < -0.4 is 10.5 Å². The van der Waals surface area contributed by atoms with Crippen molar-refractivity contribution < 1.29 is 24.2 Å². The Morgan fingerprint density at radius 1 is 1.10 bits per heavy atom. The van der Waals surface area contributed by atoms with Crippen molar-refractivity contribution >= 4 is 11.9 Å². The van der Waals surface area contributed by atoms with Gasteiger partial charge >= 0.3 is 11.9 Å². The van der Waals surface area contributed by atoms with Gasteiger partial charge in [0.2, 0.25) is 0 Å². The van der Waals surface area contributed by atoms with Gasteiger partial charge in [-0.25, -0.2) is 0 Å². The van der Waals surface area contributed by atoms with Crippen molar-refractivity contribution in [1.29, 1.82) is 0 Å². The molecule has 29 heavy (non-hydrogen) atoms. The van der Waals surface area contributed by atoms with Crippen LogP contribution in [-0.4, -0.2) is 29.2 Å². The lowest BCUT2D eigenvalue weighted by molar-refractivity contribution is -0.159. The van der Waals surface area contributed by atoms with Crippen LogP contribution in [0.25, 0.3) is 0 Å². The van der Waals surface area contributed by atoms with Crippen LogP contribution in [0.4, 0.5) is 0 Å². The molecule has 1 heterocycles. The number of hydrogen-bond donors (Lipinski definition) is 2. The van der Waals surface area contributed by atoms with Gasteiger partial charge in [0.05, 0.1) is 12.5 Å². The Bertz CT molecular complexity index is 891. The molecule has 4 rings (SSSR count). The number of carbonyl (C=O) groups is 2. The van der Waals surface area contributed by atoms with Gasteiger partial charge in [-0.3, -0.25) is 9.59 Å². The average molecular weight is 395 g/mol. The van der Waals surface area contributed by atoms with Crippen LogP contribution in [-0.2, 0) is 14.3 Å². The molecule has 6 heteroatoms. The molecule has 0 bridgehead atoms. The summed E-state index contributed by atoms with van der Waals surface area (Å²) in [6.07, 6.45) is 1.11. The highest BCUT2D eigenvalue weighted by molar-refractivity contribution is 5.81. The second kappa shape index (κ2) is 7.52. The van der Waals surface area contributed by atoms with Gasteiger partial charge in [-0.15, -0.1) is 0 Å². The molecule has 1 aliphatic heterocycles. The number of esters is 1. The minimum Gasteiger partial charge on any atom is -0.480 e. The number of para-hydroxylation sites is 2. The van der Waals surface area contributed by atoms with Gasteiger partial charge in [-0.2, -0.15) is 0 Å². The lowest BCUT2D eigenvalue weighted by atomic mass is 9.61. The van der Waals surface area contributed by atoms with Crippen molar-refractivity contribution in [2.75, 3.05) is 6.61 Å². The predicted octanol–water partition coefficient (Wildman–Crippen LogP) is 3.69. The zero-order valence-electron chi connectivity index (χ0n) is 16.3. The molecule has 0 saturated heterocycles. The molecule has 2 aliphatic rings. The van der Waals surface area contributed by atoms with E-state index in [1.807, 2.05) is 48.5 Å². The summed E-state index contributed by atoms with van der Waals surface area (Å²) in [6.45, 7) is 2.08. The quantitative estimate of drug-likeness (QED) is 0.724. The van der Waals surface area contributed by atoms with E-state index in [2.05, 4.69) is 0 Å². The van der Waals surface area contributed by atoms with Crippen LogP contribution in [0.3, 0.4) is 0 Å². The van der Waals surface area contributed by atoms with Crippen LogP contribution in [0.2, 0.25) is 0 Å². The fourth-order valence-electron chi connectivity index (χ4n) is 4.49. The van der Waals surface area contributed by atoms with Crippen molar-refractivity contribution in [3.8, 4) is 11.5 Å². The lowest BCUT2D eigenvalue weighted by Gasteiger charge is -2.45. The first kappa shape index (κ1) is 19.5. The summed E-state index contributed by atoms with van der Waals surface area (Å²) in [5.74, 6) is -0.597. The normalized spacial score (nSPS) is 22.3. The first-order chi connectivity index (χ1) is 13.9. The van der Waals surface area contributed by atoms with Crippen molar-refractivity contribution in [1.82, 2.24) is 0 Å². The summed E-state index contributed by atoms with van der Waals surface area (Å²) in [4.78, 5) is 24.2. The number of benzene rings is 2. The summed E-state index contributed by atoms with van der Waals surface area (Å²) in [7, 11) is 0. The highest BCUT2D eigenvalue weighted by Crippen LogP contribution is 2.50. The molecule has 2 aromatic carbocycles. The Balaban J connectivity index is 1.63. The van der Waals surface area contributed by atoms with E-state index in [-0.39, 0.29) is 30.1 Å². The summed E-state index contributed by atoms with van der Waals surface area (Å²) < 4.78 is 11.1. The van der Waals surface area contributed by atoms with Crippen molar-refractivity contribution in [2.24, 2.45) is 17.6 Å². The Kier molecular flexibility index (Phi) is 5.04. The highest BCUT2D eigenvalue weighted by Gasteiger charge is 2.52. The van der Waals surface area contributed by atoms with Crippen molar-refractivity contribution in [3.05, 3.63) is 59.7 Å². The zero-order valence-corrected chi connectivity index (χ0v) is 16.3. The number of nitrogens with two attached hydrogens (primary N) is 1. The standard InChI is InChI=1S/C23H25NO5/c1-2-28-21(25)14-11-15(12-14)23(24,22(26)27)13-18-16-7-3-5-9-19(16)29-20-10-6-4-8-17(18)20/h3-10,14-15,18H,2,11-13,24H2,1H3,(H,26,27)/t14-,15+,23?. The van der Waals surface area contributed by atoms with E-state index >= 15 is 0 Å². The number of rotatable bonds is 6. The molecule has 3 N–H and O–H groups in total. The Morgan fingerprint density at radius 2 is 1.66 bits per heavy atom. The first-order valence-electron chi connectivity index (χ1n) is 9.98. The maximum Gasteiger partial charge on any atom is 0.323 e. The third kappa shape index (κ3) is 3.38. The van der Waals surface area contributed by atoms with Gasteiger partial charge in [-0.05, 0) is 44.2 Å². The number of carbonyl (C=O) groups excluding carboxylic acids is 1. The molecule has 0 aromatic heterocycles. The van der Waals surface area contributed by atoms with Crippen LogP contribution in [0, 0.1) is 11.8 Å². The Labute approximate surface area is 169 Å². The molecule has 0 radical (unpaired) electrons. The molecule has 1 fully saturated rings. The van der Waals surface area contributed by atoms with Gasteiger partial charge in [0.1, 0.15) is 17.0 Å². The largest absolute Gasteiger partial charge is 0.480 e. The Hall–Kier alpha value is -2.86. The van der Waals surface area contributed by atoms with E-state index in [0.29, 0.717) is 19.4 Å². The molecule has 152 valence electrons. The summed E-state index contributed by atoms with van der Waals surface area (Å²) >= 11 is 0. The van der Waals surface area contributed by atoms with Crippen LogP contribution in [0.1, 0.15) is 43.2 Å². The fraction of sp³-hybridized carbons (Fsp3) is 0.391. The Morgan fingerprint density at radius 3 is 2.17 bits per heavy atom. The smallest absolute Gasteiger partial charge is 0.323 e. The van der Waals surface area contributed by atoms with Crippen molar-refractivity contribution in [3.63, 3.8) is 0 Å². The van der Waals surface area contributed by atoms with Gasteiger partial charge in [0.15, 0.2) is 0 Å². The second-order valence-corrected chi connectivity index (χ2v) is 7.90. The van der Waals surface area contributed by atoms with E-state index in [1.54, 1.807) is 6.92 Å². The minimum absolute atomic E-state index is 0.195. The van der Waals surface area contributed by atoms with E-state index < -0.39 is 11.5 Å². The average Bonchev–Trinajstić information content (AvgIpc) is 2.66. The number of fused-ring (bicyclic) bond motifs is 2. The number of carboxylic acids is 1. The monoisotopic (exact) mass is 395 g/mol. The fourth-order valence-corrected chi connectivity index (χ4v) is 4.49. The van der Waals surface area contributed by atoms with Gasteiger partial charge in [0, 0.05) is 17.0 Å². The molecule has 6 nitrogen and oxygen atoms in total. The molecule has 2 aromatic rings. The molecule has 0 amide bonds. The highest BCUT2D eigenvalue weighted by atomic mass is 16.5. The first-order valence-corrected chi connectivity index (χ1v) is 9.98. The van der Waals surface area contributed by atoms with Gasteiger partial charge < -0.3 is 20.3 Å². The number of aliphatic carboxylic acids is 1. The maximum absolute atomic E-state index is 12.3. The van der Waals surface area contributed by atoms with E-state index in [1.165, 1.54) is 0 Å². The maximum atomic E-state index is 12.3.